The summed E-state index contributed by atoms with van der Waals surface area (Å²) in [6, 6.07) is 0.0125. The SMILES string of the molecule is CC(=O)NC1CCN(C(=O)[C@@H]2C[C@@H]2C(=O)O)C1. The number of carboxylic acid groups (broad SMARTS) is 1. The van der Waals surface area contributed by atoms with Gasteiger partial charge in [0.2, 0.25) is 11.8 Å². The molecule has 94 valence electrons. The number of carboxylic acids is 1. The van der Waals surface area contributed by atoms with Gasteiger partial charge >= 0.3 is 5.97 Å². The van der Waals surface area contributed by atoms with Crippen molar-refractivity contribution in [2.75, 3.05) is 13.1 Å². The van der Waals surface area contributed by atoms with Crippen LogP contribution < -0.4 is 5.32 Å². The Bertz CT molecular complexity index is 368. The summed E-state index contributed by atoms with van der Waals surface area (Å²) < 4.78 is 0. The molecule has 0 aromatic rings. The molecule has 6 heteroatoms. The molecule has 2 N–H and O–H groups in total. The second-order valence-corrected chi connectivity index (χ2v) is 4.76. The Hall–Kier alpha value is -1.59. The summed E-state index contributed by atoms with van der Waals surface area (Å²) in [4.78, 5) is 35.1. The maximum absolute atomic E-state index is 11.9. The first-order valence-electron chi connectivity index (χ1n) is 5.77. The van der Waals surface area contributed by atoms with Gasteiger partial charge in [-0.3, -0.25) is 14.4 Å². The topological polar surface area (TPSA) is 86.7 Å². The van der Waals surface area contributed by atoms with E-state index in [0.29, 0.717) is 19.5 Å². The van der Waals surface area contributed by atoms with Crippen LogP contribution in [0.1, 0.15) is 19.8 Å². The van der Waals surface area contributed by atoms with Gasteiger partial charge in [0.05, 0.1) is 11.8 Å². The third-order valence-corrected chi connectivity index (χ3v) is 3.33. The Balaban J connectivity index is 1.83. The van der Waals surface area contributed by atoms with Crippen LogP contribution in [0.2, 0.25) is 0 Å². The van der Waals surface area contributed by atoms with Gasteiger partial charge in [0.1, 0.15) is 0 Å². The van der Waals surface area contributed by atoms with Crippen molar-refractivity contribution < 1.29 is 19.5 Å². The van der Waals surface area contributed by atoms with Gasteiger partial charge in [-0.2, -0.15) is 0 Å². The zero-order valence-electron chi connectivity index (χ0n) is 9.68. The second kappa shape index (κ2) is 4.35. The number of likely N-dealkylation sites (tertiary alicyclic amines) is 1. The minimum atomic E-state index is -0.888. The maximum Gasteiger partial charge on any atom is 0.307 e. The highest BCUT2D eigenvalue weighted by Crippen LogP contribution is 2.40. The number of hydrogen-bond donors (Lipinski definition) is 2. The quantitative estimate of drug-likeness (QED) is 0.692. The number of nitrogens with zero attached hydrogens (tertiary/aromatic N) is 1. The van der Waals surface area contributed by atoms with E-state index < -0.39 is 11.9 Å². The van der Waals surface area contributed by atoms with Gasteiger partial charge in [0.15, 0.2) is 0 Å². The summed E-state index contributed by atoms with van der Waals surface area (Å²) in [6.07, 6.45) is 1.20. The van der Waals surface area contributed by atoms with Crippen LogP contribution >= 0.6 is 0 Å². The van der Waals surface area contributed by atoms with E-state index in [2.05, 4.69) is 5.32 Å². The number of hydrogen-bond acceptors (Lipinski definition) is 3. The molecule has 2 fully saturated rings. The van der Waals surface area contributed by atoms with Gasteiger partial charge in [-0.1, -0.05) is 0 Å². The molecular weight excluding hydrogens is 224 g/mol. The van der Waals surface area contributed by atoms with E-state index in [-0.39, 0.29) is 23.8 Å². The number of carbonyl (C=O) groups is 3. The molecule has 1 aliphatic carbocycles. The van der Waals surface area contributed by atoms with Crippen LogP contribution in [0.5, 0.6) is 0 Å². The highest BCUT2D eigenvalue weighted by molar-refractivity contribution is 5.89. The monoisotopic (exact) mass is 240 g/mol. The average molecular weight is 240 g/mol. The van der Waals surface area contributed by atoms with Gasteiger partial charge in [-0.15, -0.1) is 0 Å². The van der Waals surface area contributed by atoms with Crippen molar-refractivity contribution in [2.45, 2.75) is 25.8 Å². The number of amides is 2. The predicted molar refractivity (Wildman–Crippen MR) is 58.0 cm³/mol. The predicted octanol–water partition coefficient (Wildman–Crippen LogP) is -0.556. The molecule has 1 heterocycles. The minimum absolute atomic E-state index is 0.0125. The lowest BCUT2D eigenvalue weighted by molar-refractivity contribution is -0.141. The molecule has 2 rings (SSSR count). The lowest BCUT2D eigenvalue weighted by Gasteiger charge is -2.16. The van der Waals surface area contributed by atoms with Gasteiger partial charge in [0, 0.05) is 26.1 Å². The Labute approximate surface area is 99.0 Å². The smallest absolute Gasteiger partial charge is 0.307 e. The average Bonchev–Trinajstić information content (AvgIpc) is 2.91. The number of rotatable bonds is 3. The summed E-state index contributed by atoms with van der Waals surface area (Å²) in [6.45, 7) is 2.56. The highest BCUT2D eigenvalue weighted by Gasteiger charge is 2.50. The van der Waals surface area contributed by atoms with E-state index in [1.807, 2.05) is 0 Å². The fourth-order valence-corrected chi connectivity index (χ4v) is 2.34. The molecule has 17 heavy (non-hydrogen) atoms. The zero-order chi connectivity index (χ0) is 12.6. The minimum Gasteiger partial charge on any atom is -0.481 e. The summed E-state index contributed by atoms with van der Waals surface area (Å²) >= 11 is 0. The lowest BCUT2D eigenvalue weighted by Crippen LogP contribution is -2.38. The van der Waals surface area contributed by atoms with Crippen molar-refractivity contribution in [3.05, 3.63) is 0 Å². The molecule has 0 bridgehead atoms. The van der Waals surface area contributed by atoms with Gasteiger partial charge in [0.25, 0.3) is 0 Å². The first-order valence-corrected chi connectivity index (χ1v) is 5.77. The molecule has 0 aromatic heterocycles. The molecule has 0 spiro atoms. The standard InChI is InChI=1S/C11H16N2O4/c1-6(14)12-7-2-3-13(5-7)10(15)8-4-9(8)11(16)17/h7-9H,2-5H2,1H3,(H,12,14)(H,16,17)/t7?,8-,9+/m1/s1. The lowest BCUT2D eigenvalue weighted by atomic mass is 10.2. The molecule has 0 radical (unpaired) electrons. The number of aliphatic carboxylic acids is 1. The molecule has 3 atom stereocenters. The maximum atomic E-state index is 11.9. The second-order valence-electron chi connectivity index (χ2n) is 4.76. The molecule has 1 saturated heterocycles. The zero-order valence-corrected chi connectivity index (χ0v) is 9.68. The van der Waals surface area contributed by atoms with Crippen molar-refractivity contribution in [2.24, 2.45) is 11.8 Å². The van der Waals surface area contributed by atoms with E-state index in [1.165, 1.54) is 6.92 Å². The Kier molecular flexibility index (Phi) is 3.04. The summed E-state index contributed by atoms with van der Waals surface area (Å²) in [5.41, 5.74) is 0. The Morgan fingerprint density at radius 3 is 2.53 bits per heavy atom. The van der Waals surface area contributed by atoms with E-state index in [9.17, 15) is 14.4 Å². The third kappa shape index (κ3) is 2.57. The summed E-state index contributed by atoms with van der Waals surface area (Å²) in [5.74, 6) is -1.91. The van der Waals surface area contributed by atoms with Crippen LogP contribution in [0.4, 0.5) is 0 Å². The highest BCUT2D eigenvalue weighted by atomic mass is 16.4. The summed E-state index contributed by atoms with van der Waals surface area (Å²) in [5, 5.41) is 11.5. The van der Waals surface area contributed by atoms with Crippen LogP contribution in [-0.4, -0.2) is 46.9 Å². The van der Waals surface area contributed by atoms with Crippen molar-refractivity contribution >= 4 is 17.8 Å². The van der Waals surface area contributed by atoms with Crippen molar-refractivity contribution in [1.29, 1.82) is 0 Å². The van der Waals surface area contributed by atoms with Crippen LogP contribution in [0, 0.1) is 11.8 Å². The molecule has 2 aliphatic rings. The molecule has 2 amide bonds. The molecule has 6 nitrogen and oxygen atoms in total. The largest absolute Gasteiger partial charge is 0.481 e. The fourth-order valence-electron chi connectivity index (χ4n) is 2.34. The normalized spacial score (nSPS) is 31.1. The van der Waals surface area contributed by atoms with Crippen LogP contribution in [0.3, 0.4) is 0 Å². The summed E-state index contributed by atoms with van der Waals surface area (Å²) in [7, 11) is 0. The first-order chi connectivity index (χ1) is 7.99. The molecular formula is C11H16N2O4. The van der Waals surface area contributed by atoms with E-state index in [1.54, 1.807) is 4.90 Å². The van der Waals surface area contributed by atoms with E-state index >= 15 is 0 Å². The van der Waals surface area contributed by atoms with Gasteiger partial charge in [-0.25, -0.2) is 0 Å². The Morgan fingerprint density at radius 1 is 1.29 bits per heavy atom. The van der Waals surface area contributed by atoms with Crippen molar-refractivity contribution in [1.82, 2.24) is 10.2 Å². The number of carbonyl (C=O) groups excluding carboxylic acids is 2. The van der Waals surface area contributed by atoms with Crippen LogP contribution in [-0.2, 0) is 14.4 Å². The number of nitrogens with one attached hydrogen (secondary N) is 1. The Morgan fingerprint density at radius 2 is 2.00 bits per heavy atom. The van der Waals surface area contributed by atoms with Crippen LogP contribution in [0.25, 0.3) is 0 Å². The molecule has 1 unspecified atom stereocenters. The van der Waals surface area contributed by atoms with Crippen molar-refractivity contribution in [3.8, 4) is 0 Å². The van der Waals surface area contributed by atoms with Crippen LogP contribution in [0.15, 0.2) is 0 Å². The van der Waals surface area contributed by atoms with Gasteiger partial charge in [-0.05, 0) is 12.8 Å². The van der Waals surface area contributed by atoms with E-state index in [0.717, 1.165) is 6.42 Å². The molecule has 1 saturated carbocycles. The fraction of sp³-hybridized carbons (Fsp3) is 0.727. The first kappa shape index (κ1) is 11.9. The van der Waals surface area contributed by atoms with Crippen molar-refractivity contribution in [3.63, 3.8) is 0 Å². The molecule has 1 aliphatic heterocycles. The van der Waals surface area contributed by atoms with E-state index in [4.69, 9.17) is 5.11 Å². The van der Waals surface area contributed by atoms with Gasteiger partial charge < -0.3 is 15.3 Å². The molecule has 0 aromatic carbocycles. The third-order valence-electron chi connectivity index (χ3n) is 3.33.